The van der Waals surface area contributed by atoms with Gasteiger partial charge in [0, 0.05) is 18.7 Å². The lowest BCUT2D eigenvalue weighted by atomic mass is 9.90. The Kier molecular flexibility index (Phi) is 2.73. The second kappa shape index (κ2) is 4.03. The Morgan fingerprint density at radius 2 is 2.20 bits per heavy atom. The minimum absolute atomic E-state index is 0.0647. The summed E-state index contributed by atoms with van der Waals surface area (Å²) in [4.78, 5) is 13.7. The van der Waals surface area contributed by atoms with E-state index >= 15 is 0 Å². The molecule has 0 radical (unpaired) electrons. The number of hydrogen-bond acceptors (Lipinski definition) is 2. The number of nitrogens with zero attached hydrogens (tertiary/aromatic N) is 1. The van der Waals surface area contributed by atoms with Crippen molar-refractivity contribution in [1.29, 1.82) is 0 Å². The van der Waals surface area contributed by atoms with Gasteiger partial charge in [-0.15, -0.1) is 0 Å². The average Bonchev–Trinajstić information content (AvgIpc) is 2.26. The van der Waals surface area contributed by atoms with Crippen molar-refractivity contribution in [2.45, 2.75) is 12.8 Å². The van der Waals surface area contributed by atoms with Gasteiger partial charge in [0.1, 0.15) is 0 Å². The highest BCUT2D eigenvalue weighted by Gasteiger charge is 2.29. The van der Waals surface area contributed by atoms with E-state index < -0.39 is 0 Å². The SMILES string of the molecule is CN1C(=O)[C@@H](CCN)Cc2ccccc21. The topological polar surface area (TPSA) is 46.3 Å². The predicted molar refractivity (Wildman–Crippen MR) is 60.7 cm³/mol. The molecule has 3 heteroatoms. The average molecular weight is 204 g/mol. The molecular weight excluding hydrogens is 188 g/mol. The molecule has 0 fully saturated rings. The summed E-state index contributed by atoms with van der Waals surface area (Å²) in [6.45, 7) is 0.576. The Labute approximate surface area is 89.9 Å². The summed E-state index contributed by atoms with van der Waals surface area (Å²) in [6, 6.07) is 8.06. The minimum Gasteiger partial charge on any atom is -0.330 e. The largest absolute Gasteiger partial charge is 0.330 e. The van der Waals surface area contributed by atoms with E-state index in [9.17, 15) is 4.79 Å². The van der Waals surface area contributed by atoms with Gasteiger partial charge in [0.25, 0.3) is 0 Å². The van der Waals surface area contributed by atoms with E-state index in [1.54, 1.807) is 4.90 Å². The van der Waals surface area contributed by atoms with Gasteiger partial charge in [-0.25, -0.2) is 0 Å². The first-order valence-corrected chi connectivity index (χ1v) is 5.29. The first-order valence-electron chi connectivity index (χ1n) is 5.29. The molecule has 1 aliphatic rings. The van der Waals surface area contributed by atoms with Crippen LogP contribution in [0.3, 0.4) is 0 Å². The van der Waals surface area contributed by atoms with E-state index in [4.69, 9.17) is 5.73 Å². The zero-order valence-corrected chi connectivity index (χ0v) is 8.94. The molecule has 1 aromatic rings. The van der Waals surface area contributed by atoms with Crippen molar-refractivity contribution in [3.63, 3.8) is 0 Å². The Morgan fingerprint density at radius 3 is 2.93 bits per heavy atom. The first-order chi connectivity index (χ1) is 7.24. The van der Waals surface area contributed by atoms with Crippen LogP contribution in [0.1, 0.15) is 12.0 Å². The second-order valence-corrected chi connectivity index (χ2v) is 4.00. The fourth-order valence-corrected chi connectivity index (χ4v) is 2.18. The van der Waals surface area contributed by atoms with Gasteiger partial charge in [0.05, 0.1) is 0 Å². The number of para-hydroxylation sites is 1. The molecule has 1 aromatic carbocycles. The summed E-state index contributed by atoms with van der Waals surface area (Å²) in [5.74, 6) is 0.258. The van der Waals surface area contributed by atoms with E-state index in [0.29, 0.717) is 6.54 Å². The van der Waals surface area contributed by atoms with Gasteiger partial charge < -0.3 is 10.6 Å². The molecule has 1 atom stereocenters. The summed E-state index contributed by atoms with van der Waals surface area (Å²) in [5.41, 5.74) is 7.80. The maximum absolute atomic E-state index is 11.9. The summed E-state index contributed by atoms with van der Waals surface area (Å²) in [5, 5.41) is 0. The number of carbonyl (C=O) groups is 1. The number of amides is 1. The van der Waals surface area contributed by atoms with E-state index in [1.165, 1.54) is 5.56 Å². The lowest BCUT2D eigenvalue weighted by molar-refractivity contribution is -0.122. The molecule has 2 rings (SSSR count). The van der Waals surface area contributed by atoms with Crippen LogP contribution in [-0.4, -0.2) is 19.5 Å². The molecule has 0 aliphatic carbocycles. The van der Waals surface area contributed by atoms with Gasteiger partial charge in [0.15, 0.2) is 0 Å². The molecule has 15 heavy (non-hydrogen) atoms. The van der Waals surface area contributed by atoms with Crippen molar-refractivity contribution < 1.29 is 4.79 Å². The van der Waals surface area contributed by atoms with Crippen LogP contribution in [0.4, 0.5) is 5.69 Å². The van der Waals surface area contributed by atoms with Gasteiger partial charge in [0.2, 0.25) is 5.91 Å². The highest BCUT2D eigenvalue weighted by atomic mass is 16.2. The predicted octanol–water partition coefficient (Wildman–Crippen LogP) is 1.17. The quantitative estimate of drug-likeness (QED) is 0.786. The molecule has 1 aliphatic heterocycles. The number of hydrogen-bond donors (Lipinski definition) is 1. The van der Waals surface area contributed by atoms with Gasteiger partial charge in [-0.05, 0) is 31.0 Å². The van der Waals surface area contributed by atoms with Crippen molar-refractivity contribution in [3.05, 3.63) is 29.8 Å². The number of anilines is 1. The van der Waals surface area contributed by atoms with Crippen LogP contribution in [0.15, 0.2) is 24.3 Å². The van der Waals surface area contributed by atoms with Crippen LogP contribution in [0.2, 0.25) is 0 Å². The molecule has 1 heterocycles. The fraction of sp³-hybridized carbons (Fsp3) is 0.417. The summed E-state index contributed by atoms with van der Waals surface area (Å²) >= 11 is 0. The lowest BCUT2D eigenvalue weighted by Gasteiger charge is -2.31. The number of rotatable bonds is 2. The van der Waals surface area contributed by atoms with Crippen LogP contribution >= 0.6 is 0 Å². The Bertz CT molecular complexity index is 376. The maximum Gasteiger partial charge on any atom is 0.230 e. The Hall–Kier alpha value is -1.35. The lowest BCUT2D eigenvalue weighted by Crippen LogP contribution is -2.39. The third-order valence-electron chi connectivity index (χ3n) is 3.01. The maximum atomic E-state index is 11.9. The molecule has 0 aromatic heterocycles. The summed E-state index contributed by atoms with van der Waals surface area (Å²) in [6.07, 6.45) is 1.61. The number of carbonyl (C=O) groups excluding carboxylic acids is 1. The molecule has 0 unspecified atom stereocenters. The van der Waals surface area contributed by atoms with Crippen LogP contribution in [-0.2, 0) is 11.2 Å². The molecule has 1 amide bonds. The van der Waals surface area contributed by atoms with Crippen molar-refractivity contribution in [3.8, 4) is 0 Å². The zero-order valence-electron chi connectivity index (χ0n) is 8.94. The minimum atomic E-state index is 0.0647. The summed E-state index contributed by atoms with van der Waals surface area (Å²) in [7, 11) is 1.84. The van der Waals surface area contributed by atoms with Crippen molar-refractivity contribution in [1.82, 2.24) is 0 Å². The monoisotopic (exact) mass is 204 g/mol. The molecule has 80 valence electrons. The van der Waals surface area contributed by atoms with Crippen LogP contribution < -0.4 is 10.6 Å². The second-order valence-electron chi connectivity index (χ2n) is 4.00. The van der Waals surface area contributed by atoms with E-state index in [2.05, 4.69) is 6.07 Å². The van der Waals surface area contributed by atoms with Gasteiger partial charge >= 0.3 is 0 Å². The van der Waals surface area contributed by atoms with Gasteiger partial charge in [-0.2, -0.15) is 0 Å². The van der Waals surface area contributed by atoms with Crippen LogP contribution in [0.5, 0.6) is 0 Å². The number of benzene rings is 1. The number of nitrogens with two attached hydrogens (primary N) is 1. The zero-order chi connectivity index (χ0) is 10.8. The normalized spacial score (nSPS) is 20.3. The molecule has 3 nitrogen and oxygen atoms in total. The molecule has 0 saturated carbocycles. The molecule has 0 saturated heterocycles. The van der Waals surface area contributed by atoms with Crippen molar-refractivity contribution >= 4 is 11.6 Å². The van der Waals surface area contributed by atoms with Crippen LogP contribution in [0, 0.1) is 5.92 Å². The van der Waals surface area contributed by atoms with E-state index in [-0.39, 0.29) is 11.8 Å². The standard InChI is InChI=1S/C12H16N2O/c1-14-11-5-3-2-4-9(11)8-10(6-7-13)12(14)15/h2-5,10H,6-8,13H2,1H3/t10-/m0/s1. The third kappa shape index (κ3) is 1.75. The Morgan fingerprint density at radius 1 is 1.47 bits per heavy atom. The highest BCUT2D eigenvalue weighted by Crippen LogP contribution is 2.30. The third-order valence-corrected chi connectivity index (χ3v) is 3.01. The fourth-order valence-electron chi connectivity index (χ4n) is 2.18. The van der Waals surface area contributed by atoms with Crippen molar-refractivity contribution in [2.75, 3.05) is 18.5 Å². The Balaban J connectivity index is 2.32. The molecular formula is C12H16N2O. The van der Waals surface area contributed by atoms with E-state index in [1.807, 2.05) is 25.2 Å². The molecule has 2 N–H and O–H groups in total. The molecule has 0 bridgehead atoms. The molecule has 0 spiro atoms. The number of fused-ring (bicyclic) bond motifs is 1. The van der Waals surface area contributed by atoms with Crippen molar-refractivity contribution in [2.24, 2.45) is 11.7 Å². The van der Waals surface area contributed by atoms with Crippen LogP contribution in [0.25, 0.3) is 0 Å². The van der Waals surface area contributed by atoms with Gasteiger partial charge in [-0.3, -0.25) is 4.79 Å². The van der Waals surface area contributed by atoms with Gasteiger partial charge in [-0.1, -0.05) is 18.2 Å². The highest BCUT2D eigenvalue weighted by molar-refractivity contribution is 5.97. The summed E-state index contributed by atoms with van der Waals surface area (Å²) < 4.78 is 0. The smallest absolute Gasteiger partial charge is 0.230 e. The first kappa shape index (κ1) is 10.2. The van der Waals surface area contributed by atoms with E-state index in [0.717, 1.165) is 18.5 Å².